The van der Waals surface area contributed by atoms with Crippen LogP contribution >= 0.6 is 0 Å². The van der Waals surface area contributed by atoms with Crippen LogP contribution in [0.4, 0.5) is 5.69 Å². The van der Waals surface area contributed by atoms with Crippen molar-refractivity contribution in [2.24, 2.45) is 0 Å². The highest BCUT2D eigenvalue weighted by Crippen LogP contribution is 2.19. The molecule has 2 rings (SSSR count). The van der Waals surface area contributed by atoms with Gasteiger partial charge in [-0.3, -0.25) is 4.79 Å². The average Bonchev–Trinajstić information content (AvgIpc) is 2.42. The molecule has 0 fully saturated rings. The Morgan fingerprint density at radius 1 is 0.952 bits per heavy atom. The molecule has 0 spiro atoms. The summed E-state index contributed by atoms with van der Waals surface area (Å²) in [5.41, 5.74) is 5.38. The first-order valence-electron chi connectivity index (χ1n) is 7.03. The lowest BCUT2D eigenvalue weighted by Crippen LogP contribution is -2.20. The van der Waals surface area contributed by atoms with Crippen LogP contribution in [0.1, 0.15) is 22.3 Å². The van der Waals surface area contributed by atoms with Gasteiger partial charge < -0.3 is 10.1 Å². The van der Waals surface area contributed by atoms with Crippen LogP contribution in [0, 0.1) is 27.7 Å². The van der Waals surface area contributed by atoms with E-state index in [0.717, 1.165) is 22.6 Å². The first-order chi connectivity index (χ1) is 9.95. The lowest BCUT2D eigenvalue weighted by atomic mass is 10.1. The monoisotopic (exact) mass is 283 g/mol. The molecule has 2 aromatic rings. The summed E-state index contributed by atoms with van der Waals surface area (Å²) in [6.07, 6.45) is 0. The van der Waals surface area contributed by atoms with Crippen molar-refractivity contribution in [3.05, 3.63) is 58.7 Å². The molecule has 3 nitrogen and oxygen atoms in total. The molecule has 0 atom stereocenters. The Bertz CT molecular complexity index is 662. The third-order valence-electron chi connectivity index (χ3n) is 3.48. The highest BCUT2D eigenvalue weighted by atomic mass is 16.5. The van der Waals surface area contributed by atoms with E-state index in [-0.39, 0.29) is 12.5 Å². The number of carbonyl (C=O) groups excluding carboxylic acids is 1. The molecule has 0 aliphatic rings. The molecule has 0 saturated carbocycles. The van der Waals surface area contributed by atoms with Gasteiger partial charge in [-0.25, -0.2) is 0 Å². The fourth-order valence-electron chi connectivity index (χ4n) is 2.12. The summed E-state index contributed by atoms with van der Waals surface area (Å²) in [4.78, 5) is 11.9. The summed E-state index contributed by atoms with van der Waals surface area (Å²) < 4.78 is 5.57. The maximum absolute atomic E-state index is 11.9. The molecule has 1 amide bonds. The Balaban J connectivity index is 1.94. The first kappa shape index (κ1) is 15.1. The lowest BCUT2D eigenvalue weighted by molar-refractivity contribution is -0.118. The Morgan fingerprint density at radius 3 is 2.38 bits per heavy atom. The third kappa shape index (κ3) is 4.09. The number of rotatable bonds is 4. The van der Waals surface area contributed by atoms with Crippen LogP contribution in [0.3, 0.4) is 0 Å². The Kier molecular flexibility index (Phi) is 4.63. The first-order valence-corrected chi connectivity index (χ1v) is 7.03. The summed E-state index contributed by atoms with van der Waals surface area (Å²) in [5, 5.41) is 2.85. The number of anilines is 1. The topological polar surface area (TPSA) is 38.3 Å². The quantitative estimate of drug-likeness (QED) is 0.923. The molecule has 0 unspecified atom stereocenters. The normalized spacial score (nSPS) is 10.3. The van der Waals surface area contributed by atoms with Crippen molar-refractivity contribution in [1.29, 1.82) is 0 Å². The molecule has 0 radical (unpaired) electrons. The molecule has 1 N–H and O–H groups in total. The molecule has 0 aliphatic heterocycles. The molecule has 0 aromatic heterocycles. The number of ether oxygens (including phenoxy) is 1. The van der Waals surface area contributed by atoms with E-state index in [1.807, 2.05) is 64.1 Å². The number of amides is 1. The summed E-state index contributed by atoms with van der Waals surface area (Å²) in [5.74, 6) is 0.592. The van der Waals surface area contributed by atoms with Crippen molar-refractivity contribution in [2.45, 2.75) is 27.7 Å². The second-order valence-corrected chi connectivity index (χ2v) is 5.40. The number of benzene rings is 2. The van der Waals surface area contributed by atoms with Gasteiger partial charge in [-0.05, 0) is 62.6 Å². The molecule has 2 aromatic carbocycles. The Labute approximate surface area is 126 Å². The summed E-state index contributed by atoms with van der Waals surface area (Å²) >= 11 is 0. The zero-order valence-electron chi connectivity index (χ0n) is 13.0. The molecule has 110 valence electrons. The Hall–Kier alpha value is -2.29. The predicted octanol–water partition coefficient (Wildman–Crippen LogP) is 3.94. The van der Waals surface area contributed by atoms with E-state index in [4.69, 9.17) is 4.74 Å². The van der Waals surface area contributed by atoms with Crippen molar-refractivity contribution in [3.63, 3.8) is 0 Å². The number of hydrogen-bond acceptors (Lipinski definition) is 2. The fourth-order valence-corrected chi connectivity index (χ4v) is 2.12. The number of hydrogen-bond donors (Lipinski definition) is 1. The van der Waals surface area contributed by atoms with Crippen molar-refractivity contribution in [1.82, 2.24) is 0 Å². The Morgan fingerprint density at radius 2 is 1.71 bits per heavy atom. The molecule has 21 heavy (non-hydrogen) atoms. The van der Waals surface area contributed by atoms with Gasteiger partial charge in [0.2, 0.25) is 0 Å². The highest BCUT2D eigenvalue weighted by molar-refractivity contribution is 5.92. The van der Waals surface area contributed by atoms with E-state index in [1.54, 1.807) is 0 Å². The van der Waals surface area contributed by atoms with Gasteiger partial charge in [0, 0.05) is 5.69 Å². The van der Waals surface area contributed by atoms with Crippen LogP contribution < -0.4 is 10.1 Å². The van der Waals surface area contributed by atoms with Crippen LogP contribution in [0.2, 0.25) is 0 Å². The van der Waals surface area contributed by atoms with Crippen LogP contribution in [0.15, 0.2) is 36.4 Å². The van der Waals surface area contributed by atoms with Crippen molar-refractivity contribution < 1.29 is 9.53 Å². The molecular formula is C18H21NO2. The third-order valence-corrected chi connectivity index (χ3v) is 3.48. The van der Waals surface area contributed by atoms with Crippen molar-refractivity contribution in [2.75, 3.05) is 11.9 Å². The number of carbonyl (C=O) groups is 1. The van der Waals surface area contributed by atoms with Gasteiger partial charge in [-0.1, -0.05) is 23.8 Å². The van der Waals surface area contributed by atoms with Crippen molar-refractivity contribution in [3.8, 4) is 5.75 Å². The maximum Gasteiger partial charge on any atom is 0.262 e. The van der Waals surface area contributed by atoms with Gasteiger partial charge in [0.15, 0.2) is 6.61 Å². The minimum absolute atomic E-state index is 0.0107. The lowest BCUT2D eigenvalue weighted by Gasteiger charge is -2.11. The second-order valence-electron chi connectivity index (χ2n) is 5.40. The smallest absolute Gasteiger partial charge is 0.262 e. The molecule has 3 heteroatoms. The van der Waals surface area contributed by atoms with Crippen LogP contribution in [-0.2, 0) is 4.79 Å². The van der Waals surface area contributed by atoms with Gasteiger partial charge in [0.05, 0.1) is 0 Å². The van der Waals surface area contributed by atoms with E-state index in [9.17, 15) is 4.79 Å². The van der Waals surface area contributed by atoms with Crippen LogP contribution in [0.25, 0.3) is 0 Å². The maximum atomic E-state index is 11.9. The standard InChI is InChI=1S/C18H21NO2/c1-12-5-8-17(15(4)9-12)21-11-18(20)19-16-7-6-13(2)14(3)10-16/h5-10H,11H2,1-4H3,(H,19,20). The molecule has 0 aliphatic carbocycles. The largest absolute Gasteiger partial charge is 0.483 e. The van der Waals surface area contributed by atoms with Gasteiger partial charge in [-0.2, -0.15) is 0 Å². The minimum atomic E-state index is -0.154. The average molecular weight is 283 g/mol. The predicted molar refractivity (Wildman–Crippen MR) is 86.0 cm³/mol. The minimum Gasteiger partial charge on any atom is -0.483 e. The van der Waals surface area contributed by atoms with Gasteiger partial charge in [-0.15, -0.1) is 0 Å². The van der Waals surface area contributed by atoms with E-state index < -0.39 is 0 Å². The summed E-state index contributed by atoms with van der Waals surface area (Å²) in [6.45, 7) is 8.09. The number of nitrogens with one attached hydrogen (secondary N) is 1. The van der Waals surface area contributed by atoms with E-state index in [0.29, 0.717) is 0 Å². The zero-order chi connectivity index (χ0) is 15.4. The zero-order valence-corrected chi connectivity index (χ0v) is 13.0. The summed E-state index contributed by atoms with van der Waals surface area (Å²) in [6, 6.07) is 11.8. The van der Waals surface area contributed by atoms with Crippen molar-refractivity contribution >= 4 is 11.6 Å². The fraction of sp³-hybridized carbons (Fsp3) is 0.278. The van der Waals surface area contributed by atoms with E-state index >= 15 is 0 Å². The molecule has 0 heterocycles. The van der Waals surface area contributed by atoms with Gasteiger partial charge in [0.1, 0.15) is 5.75 Å². The van der Waals surface area contributed by atoms with Crippen LogP contribution in [0.5, 0.6) is 5.75 Å². The van der Waals surface area contributed by atoms with Gasteiger partial charge in [0.25, 0.3) is 5.91 Å². The van der Waals surface area contributed by atoms with Gasteiger partial charge >= 0.3 is 0 Å². The summed E-state index contributed by atoms with van der Waals surface area (Å²) in [7, 11) is 0. The SMILES string of the molecule is Cc1ccc(OCC(=O)Nc2ccc(C)c(C)c2)c(C)c1. The van der Waals surface area contributed by atoms with E-state index in [2.05, 4.69) is 5.32 Å². The molecule has 0 bridgehead atoms. The van der Waals surface area contributed by atoms with Crippen LogP contribution in [-0.4, -0.2) is 12.5 Å². The molecule has 0 saturated heterocycles. The second kappa shape index (κ2) is 6.44. The molecular weight excluding hydrogens is 262 g/mol. The number of aryl methyl sites for hydroxylation is 4. The van der Waals surface area contributed by atoms with E-state index in [1.165, 1.54) is 11.1 Å². The highest BCUT2D eigenvalue weighted by Gasteiger charge is 2.06.